The number of carbonyl (C=O) groups excluding carboxylic acids is 6. The zero-order chi connectivity index (χ0) is 33.0. The van der Waals surface area contributed by atoms with E-state index in [4.69, 9.17) is 9.47 Å². The first-order valence-corrected chi connectivity index (χ1v) is 14.4. The zero-order valence-electron chi connectivity index (χ0n) is 26.0. The lowest BCUT2D eigenvalue weighted by atomic mass is 10.0. The maximum absolute atomic E-state index is 13.4. The van der Waals surface area contributed by atoms with Gasteiger partial charge in [0.05, 0.1) is 16.7 Å². The smallest absolute Gasteiger partial charge is 0.338 e. The van der Waals surface area contributed by atoms with Crippen LogP contribution in [0.5, 0.6) is 0 Å². The Morgan fingerprint density at radius 1 is 0.711 bits per heavy atom. The fourth-order valence-electron chi connectivity index (χ4n) is 4.90. The van der Waals surface area contributed by atoms with Crippen LogP contribution in [0.25, 0.3) is 0 Å². The summed E-state index contributed by atoms with van der Waals surface area (Å²) >= 11 is 0. The van der Waals surface area contributed by atoms with Gasteiger partial charge in [-0.2, -0.15) is 0 Å². The molecular formula is C34H35N3O8. The lowest BCUT2D eigenvalue weighted by molar-refractivity contribution is -0.152. The van der Waals surface area contributed by atoms with E-state index < -0.39 is 60.7 Å². The highest BCUT2D eigenvalue weighted by Crippen LogP contribution is 2.29. The Hall–Kier alpha value is -5.32. The topological polar surface area (TPSA) is 148 Å². The molecule has 0 fully saturated rings. The van der Waals surface area contributed by atoms with Crippen LogP contribution in [0.1, 0.15) is 67.2 Å². The van der Waals surface area contributed by atoms with Gasteiger partial charge in [-0.15, -0.1) is 0 Å². The van der Waals surface area contributed by atoms with Crippen LogP contribution in [-0.4, -0.2) is 59.7 Å². The third-order valence-corrected chi connectivity index (χ3v) is 7.74. The van der Waals surface area contributed by atoms with Crippen LogP contribution in [0.3, 0.4) is 0 Å². The second-order valence-electron chi connectivity index (χ2n) is 11.2. The fraction of sp³-hybridized carbons (Fsp3) is 0.294. The summed E-state index contributed by atoms with van der Waals surface area (Å²) in [6.07, 6.45) is 0. The number of hydrogen-bond donors (Lipinski definition) is 2. The van der Waals surface area contributed by atoms with Crippen molar-refractivity contribution in [3.8, 4) is 0 Å². The number of ether oxygens (including phenoxy) is 2. The number of carbonyl (C=O) groups is 6. The summed E-state index contributed by atoms with van der Waals surface area (Å²) in [4.78, 5) is 78.2. The minimum absolute atomic E-state index is 0.00432. The second kappa shape index (κ2) is 13.5. The van der Waals surface area contributed by atoms with E-state index >= 15 is 0 Å². The first-order valence-electron chi connectivity index (χ1n) is 14.4. The minimum Gasteiger partial charge on any atom is -0.454 e. The molecular weight excluding hydrogens is 578 g/mol. The van der Waals surface area contributed by atoms with Crippen molar-refractivity contribution in [2.24, 2.45) is 5.92 Å². The van der Waals surface area contributed by atoms with E-state index in [0.29, 0.717) is 11.4 Å². The quantitative estimate of drug-likeness (QED) is 0.251. The number of aryl methyl sites for hydroxylation is 2. The molecule has 0 unspecified atom stereocenters. The molecule has 0 bridgehead atoms. The SMILES string of the molecule is Cc1cccc(NC(=O)COC(=O)c2ccc3c(c2)C(=O)N([C@@H](C(=O)OCC(=O)Nc2cccc(C)c2C)C(C)C)C3=O)c1C. The molecule has 0 radical (unpaired) electrons. The molecule has 4 rings (SSSR count). The van der Waals surface area contributed by atoms with Gasteiger partial charge in [0.1, 0.15) is 6.04 Å². The molecule has 3 aromatic rings. The van der Waals surface area contributed by atoms with Crippen LogP contribution >= 0.6 is 0 Å². The number of amides is 4. The Bertz CT molecular complexity index is 1710. The first kappa shape index (κ1) is 32.6. The van der Waals surface area contributed by atoms with E-state index in [1.54, 1.807) is 38.1 Å². The van der Waals surface area contributed by atoms with Crippen molar-refractivity contribution in [2.45, 2.75) is 47.6 Å². The summed E-state index contributed by atoms with van der Waals surface area (Å²) in [7, 11) is 0. The van der Waals surface area contributed by atoms with Crippen molar-refractivity contribution < 1.29 is 38.2 Å². The van der Waals surface area contributed by atoms with Crippen molar-refractivity contribution in [1.29, 1.82) is 0 Å². The molecule has 1 atom stereocenters. The van der Waals surface area contributed by atoms with Gasteiger partial charge in [0.25, 0.3) is 23.6 Å². The number of fused-ring (bicyclic) bond motifs is 1. The Morgan fingerprint density at radius 2 is 1.22 bits per heavy atom. The van der Waals surface area contributed by atoms with E-state index in [9.17, 15) is 28.8 Å². The maximum atomic E-state index is 13.4. The number of nitrogens with zero attached hydrogens (tertiary/aromatic N) is 1. The number of hydrogen-bond acceptors (Lipinski definition) is 8. The number of imide groups is 1. The third-order valence-electron chi connectivity index (χ3n) is 7.74. The molecule has 0 aromatic heterocycles. The Kier molecular flexibility index (Phi) is 9.81. The summed E-state index contributed by atoms with van der Waals surface area (Å²) in [5, 5.41) is 5.39. The number of benzene rings is 3. The molecule has 0 saturated carbocycles. The van der Waals surface area contributed by atoms with Crippen LogP contribution in [0.4, 0.5) is 11.4 Å². The van der Waals surface area contributed by atoms with E-state index in [1.807, 2.05) is 39.8 Å². The molecule has 3 aromatic carbocycles. The molecule has 11 nitrogen and oxygen atoms in total. The average Bonchev–Trinajstić information content (AvgIpc) is 3.24. The lowest BCUT2D eigenvalue weighted by Crippen LogP contribution is -2.49. The Labute approximate surface area is 260 Å². The highest BCUT2D eigenvalue weighted by Gasteiger charge is 2.45. The highest BCUT2D eigenvalue weighted by atomic mass is 16.5. The van der Waals surface area contributed by atoms with Crippen molar-refractivity contribution in [2.75, 3.05) is 23.8 Å². The number of nitrogens with one attached hydrogen (secondary N) is 2. The molecule has 11 heteroatoms. The van der Waals surface area contributed by atoms with E-state index in [2.05, 4.69) is 10.6 Å². The molecule has 45 heavy (non-hydrogen) atoms. The first-order chi connectivity index (χ1) is 21.3. The van der Waals surface area contributed by atoms with Gasteiger partial charge in [-0.3, -0.25) is 24.1 Å². The molecule has 1 aliphatic heterocycles. The molecule has 2 N–H and O–H groups in total. The zero-order valence-corrected chi connectivity index (χ0v) is 26.0. The molecule has 1 aliphatic rings. The summed E-state index contributed by atoms with van der Waals surface area (Å²) in [6.45, 7) is 9.60. The van der Waals surface area contributed by atoms with Crippen LogP contribution in [-0.2, 0) is 23.9 Å². The van der Waals surface area contributed by atoms with Gasteiger partial charge in [0.2, 0.25) is 0 Å². The maximum Gasteiger partial charge on any atom is 0.338 e. The number of anilines is 2. The number of rotatable bonds is 10. The van der Waals surface area contributed by atoms with Gasteiger partial charge in [0, 0.05) is 11.4 Å². The van der Waals surface area contributed by atoms with Crippen LogP contribution in [0.2, 0.25) is 0 Å². The summed E-state index contributed by atoms with van der Waals surface area (Å²) in [5.41, 5.74) is 4.73. The summed E-state index contributed by atoms with van der Waals surface area (Å²) in [5.74, 6) is -5.01. The van der Waals surface area contributed by atoms with Crippen LogP contribution < -0.4 is 10.6 Å². The normalized spacial score (nSPS) is 12.9. The third kappa shape index (κ3) is 7.09. The van der Waals surface area contributed by atoms with Gasteiger partial charge < -0.3 is 20.1 Å². The van der Waals surface area contributed by atoms with Gasteiger partial charge in [-0.25, -0.2) is 9.59 Å². The van der Waals surface area contributed by atoms with E-state index in [0.717, 1.165) is 27.2 Å². The van der Waals surface area contributed by atoms with Gasteiger partial charge in [-0.05, 0) is 86.2 Å². The predicted molar refractivity (Wildman–Crippen MR) is 166 cm³/mol. The van der Waals surface area contributed by atoms with Crippen molar-refractivity contribution in [3.05, 3.63) is 93.5 Å². The molecule has 234 valence electrons. The minimum atomic E-state index is -1.32. The van der Waals surface area contributed by atoms with Crippen molar-refractivity contribution in [3.63, 3.8) is 0 Å². The van der Waals surface area contributed by atoms with Crippen molar-refractivity contribution >= 4 is 46.9 Å². The lowest BCUT2D eigenvalue weighted by Gasteiger charge is -2.27. The molecule has 1 heterocycles. The molecule has 0 spiro atoms. The monoisotopic (exact) mass is 613 g/mol. The van der Waals surface area contributed by atoms with Crippen LogP contribution in [0.15, 0.2) is 54.6 Å². The standard InChI is InChI=1S/C34H35N3O8/c1-18(2)30(34(43)45-17-29(39)36-27-12-8-10-20(4)22(27)6)37-31(40)24-14-13-23(15-25(24)32(37)41)33(42)44-16-28(38)35-26-11-7-9-19(3)21(26)5/h7-15,18,30H,16-17H2,1-6H3,(H,35,38)(H,36,39)/t30-/m1/s1. The predicted octanol–water partition coefficient (Wildman–Crippen LogP) is 4.52. The van der Waals surface area contributed by atoms with Gasteiger partial charge >= 0.3 is 11.9 Å². The van der Waals surface area contributed by atoms with Gasteiger partial charge in [-0.1, -0.05) is 38.1 Å². The molecule has 0 saturated heterocycles. The highest BCUT2D eigenvalue weighted by molar-refractivity contribution is 6.23. The van der Waals surface area contributed by atoms with Crippen LogP contribution in [0, 0.1) is 33.6 Å². The van der Waals surface area contributed by atoms with Crippen molar-refractivity contribution in [1.82, 2.24) is 4.90 Å². The Balaban J connectivity index is 1.40. The molecule has 0 aliphatic carbocycles. The van der Waals surface area contributed by atoms with E-state index in [1.165, 1.54) is 18.2 Å². The fourth-order valence-corrected chi connectivity index (χ4v) is 4.90. The summed E-state index contributed by atoms with van der Waals surface area (Å²) in [6, 6.07) is 13.3. The largest absolute Gasteiger partial charge is 0.454 e. The second-order valence-corrected chi connectivity index (χ2v) is 11.2. The Morgan fingerprint density at radius 3 is 1.76 bits per heavy atom. The molecule has 4 amide bonds. The average molecular weight is 614 g/mol. The summed E-state index contributed by atoms with van der Waals surface area (Å²) < 4.78 is 10.4. The number of esters is 2. The van der Waals surface area contributed by atoms with E-state index in [-0.39, 0.29) is 16.7 Å². The van der Waals surface area contributed by atoms with Gasteiger partial charge in [0.15, 0.2) is 13.2 Å².